The summed E-state index contributed by atoms with van der Waals surface area (Å²) in [6.07, 6.45) is 1.87. The van der Waals surface area contributed by atoms with Crippen LogP contribution in [-0.4, -0.2) is 81.0 Å². The zero-order valence-corrected chi connectivity index (χ0v) is 19.4. The van der Waals surface area contributed by atoms with Gasteiger partial charge in [0.2, 0.25) is 0 Å². The van der Waals surface area contributed by atoms with Crippen LogP contribution in [0.5, 0.6) is 0 Å². The van der Waals surface area contributed by atoms with Gasteiger partial charge in [0.05, 0.1) is 43.6 Å². The van der Waals surface area contributed by atoms with Gasteiger partial charge in [-0.05, 0) is 42.0 Å². The number of aromatic amines is 1. The van der Waals surface area contributed by atoms with E-state index in [1.807, 2.05) is 30.3 Å². The molecule has 0 spiro atoms. The molecule has 11 heteroatoms. The summed E-state index contributed by atoms with van der Waals surface area (Å²) in [5, 5.41) is 17.0. The molecule has 0 radical (unpaired) electrons. The summed E-state index contributed by atoms with van der Waals surface area (Å²) < 4.78 is 17.7. The molecule has 1 amide bonds. The molecule has 2 aliphatic heterocycles. The second kappa shape index (κ2) is 9.51. The maximum atomic E-state index is 12.7. The number of morpholine rings is 1. The van der Waals surface area contributed by atoms with Gasteiger partial charge in [-0.2, -0.15) is 5.10 Å². The molecular weight excluding hydrogens is 464 g/mol. The molecule has 0 saturated carbocycles. The van der Waals surface area contributed by atoms with Crippen molar-refractivity contribution in [1.29, 1.82) is 0 Å². The Morgan fingerprint density at radius 3 is 2.75 bits per heavy atom. The summed E-state index contributed by atoms with van der Waals surface area (Å²) in [6.45, 7) is 3.00. The largest absolute Gasteiger partial charge is 0.463 e. The minimum atomic E-state index is -0.228. The normalized spacial score (nSPS) is 18.1. The third-order valence-corrected chi connectivity index (χ3v) is 6.35. The number of hydrogen-bond donors (Lipinski definition) is 1. The number of fused-ring (bicyclic) bond motifs is 1. The molecule has 1 N–H and O–H groups in total. The monoisotopic (exact) mass is 488 g/mol. The van der Waals surface area contributed by atoms with Crippen molar-refractivity contribution in [2.45, 2.75) is 19.1 Å². The molecule has 1 atom stereocenters. The molecule has 2 aromatic carbocycles. The maximum Gasteiger partial charge on any atom is 0.308 e. The average molecular weight is 489 g/mol. The second-order valence-corrected chi connectivity index (χ2v) is 8.77. The molecule has 2 fully saturated rings. The van der Waals surface area contributed by atoms with Crippen molar-refractivity contribution in [3.63, 3.8) is 0 Å². The highest BCUT2D eigenvalue weighted by Crippen LogP contribution is 2.27. The highest BCUT2D eigenvalue weighted by molar-refractivity contribution is 5.94. The van der Waals surface area contributed by atoms with E-state index in [4.69, 9.17) is 14.2 Å². The Hall–Kier alpha value is -4.09. The van der Waals surface area contributed by atoms with Crippen LogP contribution in [0.1, 0.15) is 22.3 Å². The van der Waals surface area contributed by atoms with Crippen LogP contribution in [-0.2, 0) is 25.6 Å². The van der Waals surface area contributed by atoms with E-state index in [-0.39, 0.29) is 24.4 Å². The maximum absolute atomic E-state index is 12.7. The Labute approximate surface area is 205 Å². The van der Waals surface area contributed by atoms with Crippen molar-refractivity contribution in [3.05, 3.63) is 59.8 Å². The van der Waals surface area contributed by atoms with E-state index in [1.54, 1.807) is 27.9 Å². The van der Waals surface area contributed by atoms with Crippen LogP contribution < -0.4 is 0 Å². The first-order chi connectivity index (χ1) is 17.6. The summed E-state index contributed by atoms with van der Waals surface area (Å²) in [7, 11) is 0. The summed E-state index contributed by atoms with van der Waals surface area (Å²) in [6, 6.07) is 13.2. The second-order valence-electron chi connectivity index (χ2n) is 8.77. The highest BCUT2D eigenvalue weighted by atomic mass is 16.6. The van der Waals surface area contributed by atoms with Crippen molar-refractivity contribution >= 4 is 22.8 Å². The molecular formula is C25H24N6O5. The fourth-order valence-electron chi connectivity index (χ4n) is 4.36. The van der Waals surface area contributed by atoms with E-state index < -0.39 is 0 Å². The number of hydrogen-bond acceptors (Lipinski definition) is 8. The van der Waals surface area contributed by atoms with Gasteiger partial charge < -0.3 is 19.1 Å². The highest BCUT2D eigenvalue weighted by Gasteiger charge is 2.24. The number of nitrogens with one attached hydrogen (secondary N) is 1. The molecule has 0 bridgehead atoms. The van der Waals surface area contributed by atoms with Crippen molar-refractivity contribution in [1.82, 2.24) is 30.1 Å². The third-order valence-electron chi connectivity index (χ3n) is 6.35. The lowest BCUT2D eigenvalue weighted by atomic mass is 10.1. The first-order valence-electron chi connectivity index (χ1n) is 11.8. The van der Waals surface area contributed by atoms with Gasteiger partial charge in [0, 0.05) is 24.0 Å². The van der Waals surface area contributed by atoms with E-state index in [2.05, 4.69) is 20.5 Å². The number of H-pyrrole nitrogens is 1. The average Bonchev–Trinajstić information content (AvgIpc) is 3.67. The van der Waals surface area contributed by atoms with Gasteiger partial charge in [0.15, 0.2) is 0 Å². The third kappa shape index (κ3) is 4.45. The van der Waals surface area contributed by atoms with Crippen LogP contribution in [0.25, 0.3) is 28.0 Å². The van der Waals surface area contributed by atoms with Crippen LogP contribution in [0.2, 0.25) is 0 Å². The number of benzene rings is 2. The predicted octanol–water partition coefficient (Wildman–Crippen LogP) is 2.12. The molecule has 2 aliphatic rings. The summed E-state index contributed by atoms with van der Waals surface area (Å²) in [5.41, 5.74) is 4.53. The molecule has 4 aromatic rings. The molecule has 2 saturated heterocycles. The fraction of sp³-hybridized carbons (Fsp3) is 0.320. The standard InChI is InChI=1S/C25H24N6O5/c32-23-12-19(15-36-23)35-14-16-1-6-21-20(11-16)24(28-26-21)22-13-31(29-27-22)18-4-2-17(3-5-18)25(33)30-7-9-34-10-8-30/h1-6,11,13,19H,7-10,12,14-15H2,(H,26,28). The Kier molecular flexibility index (Phi) is 5.91. The Balaban J connectivity index is 1.18. The minimum Gasteiger partial charge on any atom is -0.463 e. The van der Waals surface area contributed by atoms with E-state index in [1.165, 1.54) is 0 Å². The van der Waals surface area contributed by atoms with E-state index >= 15 is 0 Å². The van der Waals surface area contributed by atoms with Crippen LogP contribution >= 0.6 is 0 Å². The molecule has 11 nitrogen and oxygen atoms in total. The molecule has 1 unspecified atom stereocenters. The number of rotatable bonds is 6. The van der Waals surface area contributed by atoms with Gasteiger partial charge >= 0.3 is 5.97 Å². The molecule has 0 aliphatic carbocycles. The number of amides is 1. The molecule has 2 aromatic heterocycles. The first kappa shape index (κ1) is 22.4. The quantitative estimate of drug-likeness (QED) is 0.409. The van der Waals surface area contributed by atoms with E-state index in [0.717, 1.165) is 22.2 Å². The van der Waals surface area contributed by atoms with Gasteiger partial charge in [-0.25, -0.2) is 4.68 Å². The van der Waals surface area contributed by atoms with Gasteiger partial charge in [0.1, 0.15) is 24.1 Å². The number of esters is 1. The Morgan fingerprint density at radius 1 is 1.14 bits per heavy atom. The van der Waals surface area contributed by atoms with E-state index in [0.29, 0.717) is 56.5 Å². The lowest BCUT2D eigenvalue weighted by molar-refractivity contribution is -0.137. The summed E-state index contributed by atoms with van der Waals surface area (Å²) in [5.74, 6) is -0.229. The number of carbonyl (C=O) groups excluding carboxylic acids is 2. The Bertz CT molecular complexity index is 1410. The van der Waals surface area contributed by atoms with Crippen LogP contribution in [0.15, 0.2) is 48.7 Å². The molecule has 4 heterocycles. The molecule has 36 heavy (non-hydrogen) atoms. The predicted molar refractivity (Wildman–Crippen MR) is 127 cm³/mol. The van der Waals surface area contributed by atoms with Crippen molar-refractivity contribution in [2.24, 2.45) is 0 Å². The van der Waals surface area contributed by atoms with Gasteiger partial charge in [-0.1, -0.05) is 11.3 Å². The minimum absolute atomic E-state index is 0.000961. The SMILES string of the molecule is O=C1CC(OCc2ccc3[nH]nc(-c4cn(-c5ccc(C(=O)N6CCOCC6)cc5)nn4)c3c2)CO1. The molecule has 184 valence electrons. The smallest absolute Gasteiger partial charge is 0.308 e. The van der Waals surface area contributed by atoms with Crippen LogP contribution in [0.4, 0.5) is 0 Å². The number of nitrogens with zero attached hydrogens (tertiary/aromatic N) is 5. The van der Waals surface area contributed by atoms with E-state index in [9.17, 15) is 9.59 Å². The zero-order chi connectivity index (χ0) is 24.5. The number of carbonyl (C=O) groups is 2. The number of aromatic nitrogens is 5. The fourth-order valence-corrected chi connectivity index (χ4v) is 4.36. The summed E-state index contributed by atoms with van der Waals surface area (Å²) >= 11 is 0. The van der Waals surface area contributed by atoms with Gasteiger partial charge in [-0.3, -0.25) is 14.7 Å². The Morgan fingerprint density at radius 2 is 1.97 bits per heavy atom. The lowest BCUT2D eigenvalue weighted by Gasteiger charge is -2.26. The van der Waals surface area contributed by atoms with Gasteiger partial charge in [-0.15, -0.1) is 5.10 Å². The van der Waals surface area contributed by atoms with Crippen LogP contribution in [0, 0.1) is 0 Å². The van der Waals surface area contributed by atoms with Crippen molar-refractivity contribution in [3.8, 4) is 17.1 Å². The van der Waals surface area contributed by atoms with Crippen molar-refractivity contribution in [2.75, 3.05) is 32.9 Å². The van der Waals surface area contributed by atoms with Crippen LogP contribution in [0.3, 0.4) is 0 Å². The zero-order valence-electron chi connectivity index (χ0n) is 19.4. The lowest BCUT2D eigenvalue weighted by Crippen LogP contribution is -2.40. The van der Waals surface area contributed by atoms with Crippen molar-refractivity contribution < 1.29 is 23.8 Å². The number of ether oxygens (including phenoxy) is 3. The molecule has 6 rings (SSSR count). The summed E-state index contributed by atoms with van der Waals surface area (Å²) in [4.78, 5) is 25.8. The van der Waals surface area contributed by atoms with Gasteiger partial charge in [0.25, 0.3) is 5.91 Å². The number of cyclic esters (lactones) is 1. The first-order valence-corrected chi connectivity index (χ1v) is 11.8. The topological polar surface area (TPSA) is 124 Å².